The molecule has 0 saturated heterocycles. The molecule has 0 fully saturated rings. The molecule has 34 heavy (non-hydrogen) atoms. The summed E-state index contributed by atoms with van der Waals surface area (Å²) in [6.45, 7) is 0. The number of benzene rings is 1. The first-order valence-corrected chi connectivity index (χ1v) is 10.7. The Balaban J connectivity index is 2.91. The van der Waals surface area contributed by atoms with Crippen LogP contribution in [0.2, 0.25) is 0 Å². The van der Waals surface area contributed by atoms with Gasteiger partial charge < -0.3 is 38.3 Å². The minimum Gasteiger partial charge on any atom is -0.480 e. The second kappa shape index (κ2) is 13.8. The molecular weight excluding hydrogens is 468 g/mol. The van der Waals surface area contributed by atoms with E-state index < -0.39 is 72.5 Å². The number of carboxylic acid groups (broad SMARTS) is 1. The number of carbonyl (C=O) groups is 6. The van der Waals surface area contributed by atoms with E-state index in [9.17, 15) is 33.9 Å². The molecule has 14 heteroatoms. The number of amides is 5. The summed E-state index contributed by atoms with van der Waals surface area (Å²) < 4.78 is 0. The van der Waals surface area contributed by atoms with Crippen LogP contribution in [0.1, 0.15) is 18.4 Å². The van der Waals surface area contributed by atoms with Crippen LogP contribution in [0.25, 0.3) is 0 Å². The van der Waals surface area contributed by atoms with Crippen molar-refractivity contribution in [2.45, 2.75) is 43.4 Å². The maximum Gasteiger partial charge on any atom is 0.326 e. The van der Waals surface area contributed by atoms with Gasteiger partial charge in [-0.2, -0.15) is 12.6 Å². The molecule has 0 heterocycles. The molecule has 4 unspecified atom stereocenters. The van der Waals surface area contributed by atoms with E-state index in [1.807, 2.05) is 0 Å². The zero-order chi connectivity index (χ0) is 25.8. The highest BCUT2D eigenvalue weighted by Gasteiger charge is 2.31. The SMILES string of the molecule is NC(=O)CC(N)C(=O)NC(CS)C(=O)NC(CC(N)=O)C(=O)NC(Cc1ccccc1)C(=O)O. The van der Waals surface area contributed by atoms with Crippen molar-refractivity contribution in [3.63, 3.8) is 0 Å². The first-order chi connectivity index (χ1) is 15.9. The number of nitrogens with two attached hydrogens (primary N) is 3. The highest BCUT2D eigenvalue weighted by molar-refractivity contribution is 7.80. The molecule has 1 aromatic rings. The largest absolute Gasteiger partial charge is 0.480 e. The van der Waals surface area contributed by atoms with Crippen molar-refractivity contribution in [2.75, 3.05) is 5.75 Å². The van der Waals surface area contributed by atoms with Crippen molar-refractivity contribution in [2.24, 2.45) is 17.2 Å². The van der Waals surface area contributed by atoms with Crippen LogP contribution in [0.4, 0.5) is 0 Å². The molecule has 0 spiro atoms. The third-order valence-corrected chi connectivity index (χ3v) is 4.87. The summed E-state index contributed by atoms with van der Waals surface area (Å²) in [7, 11) is 0. The number of nitrogens with one attached hydrogen (secondary N) is 3. The van der Waals surface area contributed by atoms with Gasteiger partial charge in [0.15, 0.2) is 0 Å². The molecule has 0 aromatic heterocycles. The lowest BCUT2D eigenvalue weighted by atomic mass is 10.0. The van der Waals surface area contributed by atoms with E-state index in [1.54, 1.807) is 30.3 Å². The Kier molecular flexibility index (Phi) is 11.5. The van der Waals surface area contributed by atoms with Crippen molar-refractivity contribution in [3.8, 4) is 0 Å². The summed E-state index contributed by atoms with van der Waals surface area (Å²) >= 11 is 3.97. The Morgan fingerprint density at radius 1 is 0.794 bits per heavy atom. The van der Waals surface area contributed by atoms with Crippen LogP contribution in [0.5, 0.6) is 0 Å². The quantitative estimate of drug-likeness (QED) is 0.122. The summed E-state index contributed by atoms with van der Waals surface area (Å²) in [4.78, 5) is 71.4. The van der Waals surface area contributed by atoms with Crippen molar-refractivity contribution in [3.05, 3.63) is 35.9 Å². The fourth-order valence-corrected chi connectivity index (χ4v) is 3.04. The fraction of sp³-hybridized carbons (Fsp3) is 0.400. The van der Waals surface area contributed by atoms with Crippen molar-refractivity contribution < 1.29 is 33.9 Å². The molecule has 13 nitrogen and oxygen atoms in total. The van der Waals surface area contributed by atoms with E-state index >= 15 is 0 Å². The topological polar surface area (TPSA) is 237 Å². The lowest BCUT2D eigenvalue weighted by molar-refractivity contribution is -0.142. The van der Waals surface area contributed by atoms with E-state index in [0.29, 0.717) is 5.56 Å². The Hall–Kier alpha value is -3.65. The molecule has 0 radical (unpaired) electrons. The molecule has 10 N–H and O–H groups in total. The second-order valence-corrected chi connectivity index (χ2v) is 7.71. The highest BCUT2D eigenvalue weighted by Crippen LogP contribution is 2.05. The lowest BCUT2D eigenvalue weighted by Crippen LogP contribution is -2.58. The van der Waals surface area contributed by atoms with Gasteiger partial charge in [0.1, 0.15) is 18.1 Å². The maximum atomic E-state index is 12.7. The summed E-state index contributed by atoms with van der Waals surface area (Å²) in [6, 6.07) is 3.01. The number of primary amides is 2. The van der Waals surface area contributed by atoms with E-state index in [4.69, 9.17) is 17.2 Å². The Labute approximate surface area is 200 Å². The van der Waals surface area contributed by atoms with Crippen LogP contribution in [-0.4, -0.2) is 70.5 Å². The number of carboxylic acids is 1. The van der Waals surface area contributed by atoms with Crippen LogP contribution in [0.15, 0.2) is 30.3 Å². The third kappa shape index (κ3) is 9.87. The molecule has 5 amide bonds. The minimum absolute atomic E-state index is 0.0494. The number of thiol groups is 1. The Morgan fingerprint density at radius 2 is 1.29 bits per heavy atom. The molecule has 1 rings (SSSR count). The minimum atomic E-state index is -1.53. The summed E-state index contributed by atoms with van der Waals surface area (Å²) in [5.74, 6) is -6.06. The van der Waals surface area contributed by atoms with Crippen molar-refractivity contribution in [1.82, 2.24) is 16.0 Å². The van der Waals surface area contributed by atoms with E-state index in [0.717, 1.165) is 0 Å². The molecule has 0 aliphatic rings. The van der Waals surface area contributed by atoms with E-state index in [1.165, 1.54) is 0 Å². The van der Waals surface area contributed by atoms with Crippen LogP contribution in [0.3, 0.4) is 0 Å². The predicted molar refractivity (Wildman–Crippen MR) is 123 cm³/mol. The maximum absolute atomic E-state index is 12.7. The first kappa shape index (κ1) is 28.4. The third-order valence-electron chi connectivity index (χ3n) is 4.51. The molecule has 1 aromatic carbocycles. The number of hydrogen-bond donors (Lipinski definition) is 8. The molecule has 0 aliphatic heterocycles. The van der Waals surface area contributed by atoms with Gasteiger partial charge in [0, 0.05) is 12.2 Å². The summed E-state index contributed by atoms with van der Waals surface area (Å²) in [5.41, 5.74) is 16.3. The van der Waals surface area contributed by atoms with Gasteiger partial charge in [-0.1, -0.05) is 30.3 Å². The van der Waals surface area contributed by atoms with Crippen LogP contribution >= 0.6 is 12.6 Å². The van der Waals surface area contributed by atoms with Crippen molar-refractivity contribution in [1.29, 1.82) is 0 Å². The van der Waals surface area contributed by atoms with Gasteiger partial charge >= 0.3 is 5.97 Å². The number of carbonyl (C=O) groups excluding carboxylic acids is 5. The summed E-state index contributed by atoms with van der Waals surface area (Å²) in [5, 5.41) is 16.3. The van der Waals surface area contributed by atoms with Crippen LogP contribution < -0.4 is 33.2 Å². The van der Waals surface area contributed by atoms with Crippen LogP contribution in [-0.2, 0) is 35.2 Å². The average molecular weight is 497 g/mol. The Morgan fingerprint density at radius 3 is 1.79 bits per heavy atom. The fourth-order valence-electron chi connectivity index (χ4n) is 2.79. The number of aliphatic carboxylic acids is 1. The first-order valence-electron chi connectivity index (χ1n) is 10.1. The molecule has 186 valence electrons. The standard InChI is InChI=1S/C20H28N6O7S/c21-11(7-15(22)27)17(29)26-14(9-34)19(31)24-12(8-16(23)28)18(30)25-13(20(32)33)6-10-4-2-1-3-5-10/h1-5,11-14,34H,6-9,21H2,(H2,22,27)(H2,23,28)(H,24,31)(H,25,30)(H,26,29)(H,32,33). The van der Waals surface area contributed by atoms with Gasteiger partial charge in [-0.05, 0) is 5.56 Å². The highest BCUT2D eigenvalue weighted by atomic mass is 32.1. The zero-order valence-electron chi connectivity index (χ0n) is 18.1. The van der Waals surface area contributed by atoms with E-state index in [2.05, 4.69) is 28.6 Å². The second-order valence-electron chi connectivity index (χ2n) is 7.34. The van der Waals surface area contributed by atoms with Crippen molar-refractivity contribution >= 4 is 48.1 Å². The number of rotatable bonds is 14. The van der Waals surface area contributed by atoms with Gasteiger partial charge in [-0.3, -0.25) is 24.0 Å². The van der Waals surface area contributed by atoms with Gasteiger partial charge in [0.2, 0.25) is 29.5 Å². The number of hydrogen-bond acceptors (Lipinski definition) is 8. The van der Waals surface area contributed by atoms with E-state index in [-0.39, 0.29) is 12.2 Å². The molecule has 4 atom stereocenters. The zero-order valence-corrected chi connectivity index (χ0v) is 19.0. The Bertz CT molecular complexity index is 914. The average Bonchev–Trinajstić information content (AvgIpc) is 2.75. The molecular formula is C20H28N6O7S. The van der Waals surface area contributed by atoms with Gasteiger partial charge in [-0.25, -0.2) is 4.79 Å². The monoisotopic (exact) mass is 496 g/mol. The molecule has 0 bridgehead atoms. The normalized spacial score (nSPS) is 14.1. The smallest absolute Gasteiger partial charge is 0.326 e. The molecule has 0 saturated carbocycles. The van der Waals surface area contributed by atoms with Crippen LogP contribution in [0, 0.1) is 0 Å². The van der Waals surface area contributed by atoms with Gasteiger partial charge in [0.05, 0.1) is 18.9 Å². The molecule has 0 aliphatic carbocycles. The van der Waals surface area contributed by atoms with Gasteiger partial charge in [0.25, 0.3) is 0 Å². The van der Waals surface area contributed by atoms with Gasteiger partial charge in [-0.15, -0.1) is 0 Å². The lowest BCUT2D eigenvalue weighted by Gasteiger charge is -2.24. The summed E-state index contributed by atoms with van der Waals surface area (Å²) in [6.07, 6.45) is -1.15. The predicted octanol–water partition coefficient (Wildman–Crippen LogP) is -3.22.